The van der Waals surface area contributed by atoms with Gasteiger partial charge in [-0.15, -0.1) is 0 Å². The van der Waals surface area contributed by atoms with E-state index in [1.165, 1.54) is 21.1 Å². The van der Waals surface area contributed by atoms with E-state index in [0.29, 0.717) is 0 Å². The van der Waals surface area contributed by atoms with Crippen LogP contribution in [0.4, 0.5) is 0 Å². The lowest BCUT2D eigenvalue weighted by Gasteiger charge is -2.13. The third-order valence-electron chi connectivity index (χ3n) is 3.07. The highest BCUT2D eigenvalue weighted by atomic mass is 16.5. The second kappa shape index (κ2) is 9.94. The second-order valence-electron chi connectivity index (χ2n) is 4.98. The summed E-state index contributed by atoms with van der Waals surface area (Å²) in [5.74, 6) is -0.791. The lowest BCUT2D eigenvalue weighted by atomic mass is 10.0. The topological polar surface area (TPSA) is 47.9 Å². The van der Waals surface area contributed by atoms with Crippen molar-refractivity contribution in [2.75, 3.05) is 20.8 Å². The van der Waals surface area contributed by atoms with Gasteiger partial charge in [0.05, 0.1) is 29.9 Å². The summed E-state index contributed by atoms with van der Waals surface area (Å²) in [5.41, 5.74) is -0.379. The van der Waals surface area contributed by atoms with Crippen LogP contribution in [0.3, 0.4) is 0 Å². The summed E-state index contributed by atoms with van der Waals surface area (Å²) in [6.07, 6.45) is -7.82. The lowest BCUT2D eigenvalue weighted by Crippen LogP contribution is -2.17. The molecule has 2 aromatic carbocycles. The van der Waals surface area contributed by atoms with Crippen molar-refractivity contribution in [3.8, 4) is 17.2 Å². The highest BCUT2D eigenvalue weighted by Gasteiger charge is 2.07. The molecular formula is C21H28O4. The maximum absolute atomic E-state index is 10.4. The number of benzene rings is 2. The van der Waals surface area contributed by atoms with Crippen molar-refractivity contribution in [3.63, 3.8) is 0 Å². The summed E-state index contributed by atoms with van der Waals surface area (Å²) < 4.78 is 104. The first-order valence-corrected chi connectivity index (χ1v) is 7.63. The van der Waals surface area contributed by atoms with E-state index >= 15 is 0 Å². The molecule has 0 amide bonds. The molecule has 0 spiro atoms. The monoisotopic (exact) mass is 355 g/mol. The van der Waals surface area contributed by atoms with Gasteiger partial charge >= 0.3 is 0 Å². The second-order valence-corrected chi connectivity index (χ2v) is 4.98. The largest absolute Gasteiger partial charge is 0.493 e. The van der Waals surface area contributed by atoms with Gasteiger partial charge < -0.3 is 19.3 Å². The molecule has 4 nitrogen and oxygen atoms in total. The van der Waals surface area contributed by atoms with Gasteiger partial charge in [0.25, 0.3) is 0 Å². The molecule has 0 aromatic heterocycles. The minimum Gasteiger partial charge on any atom is -0.493 e. The average Bonchev–Trinajstić information content (AvgIpc) is 2.82. The third kappa shape index (κ3) is 6.31. The molecule has 0 saturated heterocycles. The minimum absolute atomic E-state index is 0.0952. The van der Waals surface area contributed by atoms with E-state index in [-0.39, 0.29) is 34.9 Å². The van der Waals surface area contributed by atoms with Gasteiger partial charge in [0.15, 0.2) is 11.5 Å². The van der Waals surface area contributed by atoms with Crippen molar-refractivity contribution < 1.29 is 34.4 Å². The molecule has 0 aliphatic rings. The van der Waals surface area contributed by atoms with E-state index in [4.69, 9.17) is 29.3 Å². The maximum atomic E-state index is 10.4. The Morgan fingerprint density at radius 3 is 2.64 bits per heavy atom. The van der Waals surface area contributed by atoms with E-state index in [1.54, 1.807) is 0 Å². The van der Waals surface area contributed by atoms with E-state index < -0.39 is 74.1 Å². The minimum atomic E-state index is -2.44. The summed E-state index contributed by atoms with van der Waals surface area (Å²) in [7, 11) is 2.43. The molecule has 1 N–H and O–H groups in total. The first-order chi connectivity index (χ1) is 16.5. The van der Waals surface area contributed by atoms with Crippen LogP contribution >= 0.6 is 0 Å². The fourth-order valence-corrected chi connectivity index (χ4v) is 1.89. The smallest absolute Gasteiger partial charge is 0.160 e. The molecule has 1 atom stereocenters. The van der Waals surface area contributed by atoms with Crippen LogP contribution in [0, 0.1) is 6.92 Å². The fourth-order valence-electron chi connectivity index (χ4n) is 1.89. The quantitative estimate of drug-likeness (QED) is 0.695. The highest BCUT2D eigenvalue weighted by molar-refractivity contribution is 5.42. The van der Waals surface area contributed by atoms with Crippen LogP contribution in [0.1, 0.15) is 45.4 Å². The third-order valence-corrected chi connectivity index (χ3v) is 3.07. The van der Waals surface area contributed by atoms with Crippen molar-refractivity contribution in [1.29, 1.82) is 0 Å². The van der Waals surface area contributed by atoms with Crippen LogP contribution in [0.25, 0.3) is 0 Å². The summed E-state index contributed by atoms with van der Waals surface area (Å²) in [6, 6.07) is -3.22. The van der Waals surface area contributed by atoms with E-state index in [0.717, 1.165) is 0 Å². The summed E-state index contributed by atoms with van der Waals surface area (Å²) in [6.45, 7) is 0.703. The van der Waals surface area contributed by atoms with Gasteiger partial charge in [-0.3, -0.25) is 0 Å². The Bertz CT molecular complexity index is 1110. The van der Waals surface area contributed by atoms with E-state index in [1.807, 2.05) is 0 Å². The molecule has 25 heavy (non-hydrogen) atoms. The molecule has 0 heterocycles. The predicted octanol–water partition coefficient (Wildman–Crippen LogP) is 4.16. The molecule has 4 heteroatoms. The zero-order valence-electron chi connectivity index (χ0n) is 25.4. The molecule has 0 aliphatic carbocycles. The Labute approximate surface area is 165 Å². The van der Waals surface area contributed by atoms with Gasteiger partial charge in [0.2, 0.25) is 0 Å². The van der Waals surface area contributed by atoms with Gasteiger partial charge in [-0.1, -0.05) is 24.5 Å². The van der Waals surface area contributed by atoms with Gasteiger partial charge in [0.1, 0.15) is 12.4 Å². The molecule has 136 valence electrons. The van der Waals surface area contributed by atoms with Gasteiger partial charge in [-0.2, -0.15) is 0 Å². The number of aliphatic hydroxyl groups excluding tert-OH is 1. The molecule has 0 fully saturated rings. The van der Waals surface area contributed by atoms with Crippen molar-refractivity contribution in [2.24, 2.45) is 0 Å². The Hall–Kier alpha value is -2.20. The lowest BCUT2D eigenvalue weighted by molar-refractivity contribution is 0.0976. The number of methoxy groups -OCH3 is 2. The molecule has 0 aliphatic heterocycles. The van der Waals surface area contributed by atoms with Crippen LogP contribution in [0.5, 0.6) is 17.2 Å². The molecular weight excluding hydrogens is 316 g/mol. The van der Waals surface area contributed by atoms with E-state index in [9.17, 15) is 5.11 Å². The normalized spacial score (nSPS) is 19.3. The molecule has 0 saturated carbocycles. The predicted molar refractivity (Wildman–Crippen MR) is 99.8 cm³/mol. The van der Waals surface area contributed by atoms with E-state index in [2.05, 4.69) is 0 Å². The van der Waals surface area contributed by atoms with Gasteiger partial charge in [-0.25, -0.2) is 0 Å². The number of rotatable bonds is 10. The Kier molecular flexibility index (Phi) is 3.56. The molecule has 0 radical (unpaired) electrons. The van der Waals surface area contributed by atoms with Crippen molar-refractivity contribution in [1.82, 2.24) is 0 Å². The molecule has 1 unspecified atom stereocenters. The van der Waals surface area contributed by atoms with Crippen LogP contribution < -0.4 is 14.2 Å². The molecule has 0 bridgehead atoms. The standard InChI is InChI=1S/C21H28O4/c1-16-7-6-10-19(13-16)25-15-18(22)9-5-4-8-17-11-12-20(23-2)21(14-17)24-3/h6-7,10-14,18,22H,4-5,8-9,15H2,1-3H3/i6D,7D,8D2,9D2,10D,11D,12D,13D,14D. The Balaban J connectivity index is 2.24. The summed E-state index contributed by atoms with van der Waals surface area (Å²) >= 11 is 0. The average molecular weight is 356 g/mol. The number of ether oxygens (including phenoxy) is 3. The summed E-state index contributed by atoms with van der Waals surface area (Å²) in [5, 5.41) is 10.4. The Morgan fingerprint density at radius 2 is 1.88 bits per heavy atom. The SMILES string of the molecule is [2H]c1c([2H])c(C)c([2H])c(OCC(O)C([2H])([2H])CCC([2H])([2H])c2c([2H])c([2H])c(OC)c(OC)c2[2H])c1[2H]. The van der Waals surface area contributed by atoms with Crippen molar-refractivity contribution in [3.05, 3.63) is 53.4 Å². The first kappa shape index (κ1) is 8.95. The molecule has 2 rings (SSSR count). The number of hydrogen-bond acceptors (Lipinski definition) is 4. The number of hydrogen-bond donors (Lipinski definition) is 1. The van der Waals surface area contributed by atoms with Gasteiger partial charge in [0, 0.05) is 5.48 Å². The fraction of sp³-hybridized carbons (Fsp3) is 0.429. The van der Waals surface area contributed by atoms with Crippen LogP contribution in [-0.4, -0.2) is 32.0 Å². The van der Waals surface area contributed by atoms with Crippen molar-refractivity contribution in [2.45, 2.75) is 38.6 Å². The zero-order chi connectivity index (χ0) is 27.7. The Morgan fingerprint density at radius 1 is 1.08 bits per heavy atom. The van der Waals surface area contributed by atoms with Crippen molar-refractivity contribution >= 4 is 0 Å². The highest BCUT2D eigenvalue weighted by Crippen LogP contribution is 2.28. The zero-order valence-corrected chi connectivity index (χ0v) is 14.4. The summed E-state index contributed by atoms with van der Waals surface area (Å²) in [4.78, 5) is 0. The van der Waals surface area contributed by atoms with Crippen LogP contribution in [-0.2, 0) is 6.37 Å². The number of aliphatic hydroxyl groups is 1. The maximum Gasteiger partial charge on any atom is 0.160 e. The van der Waals surface area contributed by atoms with Gasteiger partial charge in [-0.05, 0) is 61.4 Å². The molecule has 2 aromatic rings. The van der Waals surface area contributed by atoms with Crippen LogP contribution in [0.15, 0.2) is 42.3 Å². The van der Waals surface area contributed by atoms with Crippen LogP contribution in [0.2, 0.25) is 0 Å². The first-order valence-electron chi connectivity index (χ1n) is 13.1.